The standard InChI is InChI=1S/C17H28N4O3.ClH/c18-7-2-9-21-14-6-10-20(11-13(14)4-5-16(21)23)17(24)12-19-8-1-3-15(19)22;/h13-14H,1-12,18H2;1H/t13-,14+;/m0./s1. The molecular weight excluding hydrogens is 344 g/mol. The average Bonchev–Trinajstić information content (AvgIpc) is 2.98. The largest absolute Gasteiger partial charge is 0.341 e. The van der Waals surface area contributed by atoms with Crippen molar-refractivity contribution in [1.29, 1.82) is 0 Å². The topological polar surface area (TPSA) is 86.9 Å². The smallest absolute Gasteiger partial charge is 0.242 e. The molecular formula is C17H29ClN4O3. The number of rotatable bonds is 5. The molecule has 142 valence electrons. The number of hydrogen-bond acceptors (Lipinski definition) is 4. The lowest BCUT2D eigenvalue weighted by Gasteiger charge is -2.47. The molecule has 25 heavy (non-hydrogen) atoms. The molecule has 2 N–H and O–H groups in total. The highest BCUT2D eigenvalue weighted by Gasteiger charge is 2.40. The van der Waals surface area contributed by atoms with E-state index >= 15 is 0 Å². The number of nitrogens with two attached hydrogens (primary N) is 1. The number of nitrogens with zero attached hydrogens (tertiary/aromatic N) is 3. The van der Waals surface area contributed by atoms with Crippen molar-refractivity contribution in [2.75, 3.05) is 39.3 Å². The molecule has 8 heteroatoms. The molecule has 3 rings (SSSR count). The summed E-state index contributed by atoms with van der Waals surface area (Å²) in [5.41, 5.74) is 5.59. The summed E-state index contributed by atoms with van der Waals surface area (Å²) in [6, 6.07) is 0.246. The number of halogens is 1. The van der Waals surface area contributed by atoms with E-state index in [0.717, 1.165) is 32.2 Å². The maximum absolute atomic E-state index is 12.5. The Balaban J connectivity index is 0.00000225. The highest BCUT2D eigenvalue weighted by atomic mass is 35.5. The second-order valence-corrected chi connectivity index (χ2v) is 7.14. The summed E-state index contributed by atoms with van der Waals surface area (Å²) in [6.45, 7) is 3.62. The van der Waals surface area contributed by atoms with Gasteiger partial charge in [0.25, 0.3) is 0 Å². The van der Waals surface area contributed by atoms with E-state index in [1.54, 1.807) is 4.90 Å². The van der Waals surface area contributed by atoms with Gasteiger partial charge < -0.3 is 20.4 Å². The van der Waals surface area contributed by atoms with Crippen molar-refractivity contribution >= 4 is 30.1 Å². The molecule has 0 unspecified atom stereocenters. The molecule has 0 aromatic heterocycles. The summed E-state index contributed by atoms with van der Waals surface area (Å²) in [4.78, 5) is 42.0. The van der Waals surface area contributed by atoms with Crippen LogP contribution in [0.1, 0.15) is 38.5 Å². The van der Waals surface area contributed by atoms with Gasteiger partial charge in [-0.3, -0.25) is 14.4 Å². The second-order valence-electron chi connectivity index (χ2n) is 7.14. The molecule has 0 aliphatic carbocycles. The fraction of sp³-hybridized carbons (Fsp3) is 0.824. The number of hydrogen-bond donors (Lipinski definition) is 1. The summed E-state index contributed by atoms with van der Waals surface area (Å²) in [5, 5.41) is 0. The van der Waals surface area contributed by atoms with Gasteiger partial charge in [0, 0.05) is 45.1 Å². The highest BCUT2D eigenvalue weighted by molar-refractivity contribution is 5.86. The van der Waals surface area contributed by atoms with Gasteiger partial charge in [-0.05, 0) is 38.1 Å². The maximum atomic E-state index is 12.5. The minimum atomic E-state index is 0. The number of likely N-dealkylation sites (tertiary alicyclic amines) is 3. The van der Waals surface area contributed by atoms with Crippen LogP contribution >= 0.6 is 12.4 Å². The van der Waals surface area contributed by atoms with E-state index in [0.29, 0.717) is 44.9 Å². The monoisotopic (exact) mass is 372 g/mol. The molecule has 0 aromatic rings. The van der Waals surface area contributed by atoms with Gasteiger partial charge >= 0.3 is 0 Å². The van der Waals surface area contributed by atoms with Crippen LogP contribution < -0.4 is 5.73 Å². The van der Waals surface area contributed by atoms with E-state index in [-0.39, 0.29) is 42.7 Å². The molecule has 0 spiro atoms. The maximum Gasteiger partial charge on any atom is 0.242 e. The number of carbonyl (C=O) groups is 3. The van der Waals surface area contributed by atoms with E-state index in [9.17, 15) is 14.4 Å². The molecule has 3 amide bonds. The van der Waals surface area contributed by atoms with Crippen molar-refractivity contribution in [3.8, 4) is 0 Å². The quantitative estimate of drug-likeness (QED) is 0.747. The Morgan fingerprint density at radius 2 is 1.92 bits per heavy atom. The molecule has 3 aliphatic rings. The molecule has 2 atom stereocenters. The van der Waals surface area contributed by atoms with Crippen LogP contribution in [0.2, 0.25) is 0 Å². The van der Waals surface area contributed by atoms with Gasteiger partial charge in [0.05, 0.1) is 6.54 Å². The fourth-order valence-corrected chi connectivity index (χ4v) is 4.26. The minimum Gasteiger partial charge on any atom is -0.341 e. The van der Waals surface area contributed by atoms with E-state index in [1.807, 2.05) is 9.80 Å². The predicted octanol–water partition coefficient (Wildman–Crippen LogP) is 0.219. The molecule has 7 nitrogen and oxygen atoms in total. The third kappa shape index (κ3) is 4.44. The highest BCUT2D eigenvalue weighted by Crippen LogP contribution is 2.31. The number of carbonyl (C=O) groups excluding carboxylic acids is 3. The Morgan fingerprint density at radius 1 is 1.12 bits per heavy atom. The summed E-state index contributed by atoms with van der Waals surface area (Å²) < 4.78 is 0. The predicted molar refractivity (Wildman–Crippen MR) is 96.2 cm³/mol. The first-order chi connectivity index (χ1) is 11.6. The first-order valence-electron chi connectivity index (χ1n) is 9.15. The Kier molecular flexibility index (Phi) is 7.07. The van der Waals surface area contributed by atoms with Crippen LogP contribution in [0.15, 0.2) is 0 Å². The summed E-state index contributed by atoms with van der Waals surface area (Å²) in [7, 11) is 0. The molecule has 3 heterocycles. The zero-order valence-electron chi connectivity index (χ0n) is 14.7. The molecule has 3 fully saturated rings. The van der Waals surface area contributed by atoms with Crippen LogP contribution in [0.5, 0.6) is 0 Å². The Labute approximate surface area is 155 Å². The second kappa shape index (κ2) is 8.85. The molecule has 0 aromatic carbocycles. The number of fused-ring (bicyclic) bond motifs is 1. The summed E-state index contributed by atoms with van der Waals surface area (Å²) in [6.07, 6.45) is 4.51. The molecule has 3 aliphatic heterocycles. The van der Waals surface area contributed by atoms with Crippen LogP contribution in [-0.2, 0) is 14.4 Å². The zero-order valence-corrected chi connectivity index (χ0v) is 15.5. The van der Waals surface area contributed by atoms with E-state index < -0.39 is 0 Å². The third-order valence-corrected chi connectivity index (χ3v) is 5.60. The normalized spacial score (nSPS) is 26.5. The van der Waals surface area contributed by atoms with Crippen molar-refractivity contribution in [3.63, 3.8) is 0 Å². The van der Waals surface area contributed by atoms with Crippen molar-refractivity contribution in [2.45, 2.75) is 44.6 Å². The van der Waals surface area contributed by atoms with Gasteiger partial charge in [0.2, 0.25) is 17.7 Å². The molecule has 0 saturated carbocycles. The van der Waals surface area contributed by atoms with Crippen LogP contribution in [0.3, 0.4) is 0 Å². The van der Waals surface area contributed by atoms with Gasteiger partial charge in [0.15, 0.2) is 0 Å². The average molecular weight is 373 g/mol. The van der Waals surface area contributed by atoms with Crippen molar-refractivity contribution in [3.05, 3.63) is 0 Å². The van der Waals surface area contributed by atoms with E-state index in [1.165, 1.54) is 0 Å². The lowest BCUT2D eigenvalue weighted by atomic mass is 9.83. The fourth-order valence-electron chi connectivity index (χ4n) is 4.26. The SMILES string of the molecule is Cl.NCCCN1C(=O)CC[C@H]2CN(C(=O)CN3CCCC3=O)CC[C@H]21. The molecule has 3 saturated heterocycles. The molecule has 0 radical (unpaired) electrons. The van der Waals surface area contributed by atoms with Gasteiger partial charge in [0.1, 0.15) is 0 Å². The van der Waals surface area contributed by atoms with Gasteiger partial charge in [-0.15, -0.1) is 12.4 Å². The Morgan fingerprint density at radius 3 is 2.60 bits per heavy atom. The first-order valence-corrected chi connectivity index (χ1v) is 9.15. The van der Waals surface area contributed by atoms with Crippen LogP contribution in [-0.4, -0.2) is 77.7 Å². The van der Waals surface area contributed by atoms with Gasteiger partial charge in [-0.25, -0.2) is 0 Å². The van der Waals surface area contributed by atoms with Crippen LogP contribution in [0.25, 0.3) is 0 Å². The number of amides is 3. The van der Waals surface area contributed by atoms with Crippen LogP contribution in [0.4, 0.5) is 0 Å². The number of piperidine rings is 2. The summed E-state index contributed by atoms with van der Waals surface area (Å²) in [5.74, 6) is 0.725. The van der Waals surface area contributed by atoms with Crippen molar-refractivity contribution in [1.82, 2.24) is 14.7 Å². The van der Waals surface area contributed by atoms with Crippen molar-refractivity contribution in [2.24, 2.45) is 11.7 Å². The Hall–Kier alpha value is -1.34. The third-order valence-electron chi connectivity index (χ3n) is 5.60. The Bertz CT molecular complexity index is 516. The summed E-state index contributed by atoms with van der Waals surface area (Å²) >= 11 is 0. The minimum absolute atomic E-state index is 0. The lowest BCUT2D eigenvalue weighted by molar-refractivity contribution is -0.146. The molecule has 0 bridgehead atoms. The van der Waals surface area contributed by atoms with Crippen LogP contribution in [0, 0.1) is 5.92 Å². The zero-order chi connectivity index (χ0) is 17.1. The van der Waals surface area contributed by atoms with Gasteiger partial charge in [-0.1, -0.05) is 0 Å². The van der Waals surface area contributed by atoms with E-state index in [4.69, 9.17) is 5.73 Å². The van der Waals surface area contributed by atoms with Gasteiger partial charge in [-0.2, -0.15) is 0 Å². The lowest BCUT2D eigenvalue weighted by Crippen LogP contribution is -2.58. The van der Waals surface area contributed by atoms with E-state index in [2.05, 4.69) is 0 Å². The van der Waals surface area contributed by atoms with Crippen molar-refractivity contribution < 1.29 is 14.4 Å². The first kappa shape index (κ1) is 20.0.